The Hall–Kier alpha value is -0.590. The second-order valence-corrected chi connectivity index (χ2v) is 3.88. The normalized spacial score (nSPS) is 25.5. The van der Waals surface area contributed by atoms with Gasteiger partial charge >= 0.3 is 0 Å². The molecule has 0 radical (unpaired) electrons. The molecule has 1 saturated carbocycles. The number of hydrogen-bond acceptors (Lipinski definition) is 3. The summed E-state index contributed by atoms with van der Waals surface area (Å²) in [5.41, 5.74) is 0. The molecule has 1 aliphatic carbocycles. The fraction of sp³-hybridized carbons (Fsp3) is 0.917. The number of rotatable bonds is 5. The van der Waals surface area contributed by atoms with Crippen molar-refractivity contribution in [2.24, 2.45) is 11.8 Å². The second kappa shape index (κ2) is 8.70. The zero-order chi connectivity index (χ0) is 11.7. The highest BCUT2D eigenvalue weighted by Crippen LogP contribution is 2.35. The molecule has 0 aromatic rings. The van der Waals surface area contributed by atoms with E-state index in [1.165, 1.54) is 19.3 Å². The van der Waals surface area contributed by atoms with Crippen LogP contribution in [0.15, 0.2) is 0 Å². The molecule has 1 atom stereocenters. The Bertz CT molecular complexity index is 183. The molecule has 0 aromatic carbocycles. The highest BCUT2D eigenvalue weighted by Gasteiger charge is 2.27. The maximum absolute atomic E-state index is 8.74. The number of nitriles is 1. The van der Waals surface area contributed by atoms with E-state index in [-0.39, 0.29) is 12.6 Å². The zero-order valence-electron chi connectivity index (χ0n) is 10.2. The van der Waals surface area contributed by atoms with Crippen LogP contribution in [0.5, 0.6) is 0 Å². The van der Waals surface area contributed by atoms with Crippen LogP contribution < -0.4 is 5.32 Å². The van der Waals surface area contributed by atoms with Gasteiger partial charge in [-0.25, -0.2) is 0 Å². The van der Waals surface area contributed by atoms with Gasteiger partial charge in [-0.05, 0) is 31.2 Å². The summed E-state index contributed by atoms with van der Waals surface area (Å²) in [7, 11) is 0. The van der Waals surface area contributed by atoms with Gasteiger partial charge in [0.15, 0.2) is 0 Å². The zero-order valence-corrected chi connectivity index (χ0v) is 10.2. The molecule has 0 heterocycles. The van der Waals surface area contributed by atoms with E-state index in [1.54, 1.807) is 0 Å². The van der Waals surface area contributed by atoms with Crippen LogP contribution in [0.25, 0.3) is 0 Å². The first-order chi connectivity index (χ1) is 7.30. The Morgan fingerprint density at radius 3 is 2.40 bits per heavy atom. The van der Waals surface area contributed by atoms with Gasteiger partial charge in [-0.2, -0.15) is 5.26 Å². The Kier molecular flexibility index (Phi) is 8.35. The van der Waals surface area contributed by atoms with Crippen molar-refractivity contribution in [1.29, 1.82) is 5.26 Å². The molecule has 0 saturated heterocycles. The smallest absolute Gasteiger partial charge is 0.119 e. The molecule has 1 aliphatic rings. The Morgan fingerprint density at radius 1 is 1.40 bits per heavy atom. The van der Waals surface area contributed by atoms with Crippen LogP contribution >= 0.6 is 0 Å². The van der Waals surface area contributed by atoms with E-state index in [2.05, 4.69) is 12.2 Å². The molecule has 0 bridgehead atoms. The monoisotopic (exact) mass is 212 g/mol. The molecule has 2 N–H and O–H groups in total. The van der Waals surface area contributed by atoms with E-state index in [0.717, 1.165) is 18.4 Å². The third kappa shape index (κ3) is 5.15. The molecule has 0 amide bonds. The fourth-order valence-electron chi connectivity index (χ4n) is 1.83. The Labute approximate surface area is 93.5 Å². The van der Waals surface area contributed by atoms with Gasteiger partial charge in [0.2, 0.25) is 0 Å². The lowest BCUT2D eigenvalue weighted by atomic mass is 9.73. The molecule has 3 heteroatoms. The average molecular weight is 212 g/mol. The number of aliphatic hydroxyl groups is 1. The lowest BCUT2D eigenvalue weighted by molar-refractivity contribution is 0.173. The average Bonchev–Trinajstić information content (AvgIpc) is 2.25. The van der Waals surface area contributed by atoms with Gasteiger partial charge in [0.1, 0.15) is 6.04 Å². The van der Waals surface area contributed by atoms with E-state index < -0.39 is 0 Å². The van der Waals surface area contributed by atoms with E-state index in [4.69, 9.17) is 10.4 Å². The minimum absolute atomic E-state index is 0.0829. The van der Waals surface area contributed by atoms with Gasteiger partial charge in [0.05, 0.1) is 12.7 Å². The lowest BCUT2D eigenvalue weighted by Crippen LogP contribution is -2.39. The summed E-state index contributed by atoms with van der Waals surface area (Å²) < 4.78 is 0. The molecule has 1 fully saturated rings. The van der Waals surface area contributed by atoms with Crippen LogP contribution in [0.3, 0.4) is 0 Å². The number of aliphatic hydroxyl groups excluding tert-OH is 1. The van der Waals surface area contributed by atoms with Crippen molar-refractivity contribution in [3.63, 3.8) is 0 Å². The predicted octanol–water partition coefficient (Wildman–Crippen LogP) is 1.92. The van der Waals surface area contributed by atoms with Crippen LogP contribution in [0.4, 0.5) is 0 Å². The Balaban J connectivity index is 0.000000921. The van der Waals surface area contributed by atoms with Crippen LogP contribution in [-0.2, 0) is 0 Å². The van der Waals surface area contributed by atoms with Crippen molar-refractivity contribution < 1.29 is 5.11 Å². The molecule has 15 heavy (non-hydrogen) atoms. The highest BCUT2D eigenvalue weighted by atomic mass is 16.3. The van der Waals surface area contributed by atoms with E-state index >= 15 is 0 Å². The number of hydrogen-bond donors (Lipinski definition) is 2. The van der Waals surface area contributed by atoms with Crippen LogP contribution in [0.2, 0.25) is 0 Å². The Morgan fingerprint density at radius 2 is 2.00 bits per heavy atom. The van der Waals surface area contributed by atoms with Gasteiger partial charge in [-0.1, -0.05) is 27.2 Å². The molecule has 1 rings (SSSR count). The van der Waals surface area contributed by atoms with Crippen molar-refractivity contribution in [3.8, 4) is 6.07 Å². The third-order valence-corrected chi connectivity index (χ3v) is 2.90. The van der Waals surface area contributed by atoms with E-state index in [9.17, 15) is 0 Å². The molecular formula is C12H24N2O. The summed E-state index contributed by atoms with van der Waals surface area (Å²) >= 11 is 0. The largest absolute Gasteiger partial charge is 0.394 e. The third-order valence-electron chi connectivity index (χ3n) is 2.90. The molecule has 88 valence electrons. The lowest BCUT2D eigenvalue weighted by Gasteiger charge is -2.35. The maximum Gasteiger partial charge on any atom is 0.119 e. The first kappa shape index (κ1) is 14.4. The van der Waals surface area contributed by atoms with Crippen LogP contribution in [-0.4, -0.2) is 24.3 Å². The summed E-state index contributed by atoms with van der Waals surface area (Å²) in [5.74, 6) is 1.63. The molecular weight excluding hydrogens is 188 g/mol. The van der Waals surface area contributed by atoms with Gasteiger partial charge in [0.25, 0.3) is 0 Å². The maximum atomic E-state index is 8.74. The summed E-state index contributed by atoms with van der Waals surface area (Å²) in [5, 5.41) is 20.4. The van der Waals surface area contributed by atoms with Crippen molar-refractivity contribution in [1.82, 2.24) is 5.32 Å². The minimum Gasteiger partial charge on any atom is -0.394 e. The quantitative estimate of drug-likeness (QED) is 0.732. The van der Waals surface area contributed by atoms with E-state index in [0.29, 0.717) is 0 Å². The van der Waals surface area contributed by atoms with Gasteiger partial charge in [-0.3, -0.25) is 5.32 Å². The first-order valence-corrected chi connectivity index (χ1v) is 6.04. The predicted molar refractivity (Wildman–Crippen MR) is 62.3 cm³/mol. The molecule has 1 unspecified atom stereocenters. The van der Waals surface area contributed by atoms with Gasteiger partial charge in [0, 0.05) is 0 Å². The van der Waals surface area contributed by atoms with Crippen LogP contribution in [0, 0.1) is 23.2 Å². The highest BCUT2D eigenvalue weighted by molar-refractivity contribution is 4.90. The number of nitrogens with zero attached hydrogens (tertiary/aromatic N) is 1. The second-order valence-electron chi connectivity index (χ2n) is 3.88. The van der Waals surface area contributed by atoms with E-state index in [1.807, 2.05) is 19.9 Å². The van der Waals surface area contributed by atoms with Crippen molar-refractivity contribution >= 4 is 0 Å². The molecule has 0 aromatic heterocycles. The van der Waals surface area contributed by atoms with Gasteiger partial charge < -0.3 is 5.11 Å². The summed E-state index contributed by atoms with van der Waals surface area (Å²) in [6.45, 7) is 7.02. The minimum atomic E-state index is -0.374. The standard InChI is InChI=1S/C10H18N2O.C2H6/c1-2-8-3-9(4-8)6-12-10(5-11)7-13;1-2/h8-10,12-13H,2-4,6-7H2,1H3;1-2H3. The van der Waals surface area contributed by atoms with Crippen molar-refractivity contribution in [2.75, 3.05) is 13.2 Å². The van der Waals surface area contributed by atoms with Crippen molar-refractivity contribution in [3.05, 3.63) is 0 Å². The molecule has 3 nitrogen and oxygen atoms in total. The fourth-order valence-corrected chi connectivity index (χ4v) is 1.83. The molecule has 0 aliphatic heterocycles. The first-order valence-electron chi connectivity index (χ1n) is 6.04. The van der Waals surface area contributed by atoms with Crippen molar-refractivity contribution in [2.45, 2.75) is 46.1 Å². The van der Waals surface area contributed by atoms with Gasteiger partial charge in [-0.15, -0.1) is 0 Å². The summed E-state index contributed by atoms with van der Waals surface area (Å²) in [6.07, 6.45) is 3.85. The molecule has 0 spiro atoms. The summed E-state index contributed by atoms with van der Waals surface area (Å²) in [6, 6.07) is 1.64. The van der Waals surface area contributed by atoms with Crippen LogP contribution in [0.1, 0.15) is 40.0 Å². The number of nitrogens with one attached hydrogen (secondary N) is 1. The SMILES string of the molecule is CC.CCC1CC(CNC(C#N)CO)C1. The summed E-state index contributed by atoms with van der Waals surface area (Å²) in [4.78, 5) is 0. The topological polar surface area (TPSA) is 56.0 Å².